The minimum absolute atomic E-state index is 1.42. The lowest BCUT2D eigenvalue weighted by Gasteiger charge is -1.75. The highest BCUT2D eigenvalue weighted by Crippen LogP contribution is 2.29. The second-order valence-corrected chi connectivity index (χ2v) is 3.86. The van der Waals surface area contributed by atoms with Gasteiger partial charge in [0.2, 0.25) is 0 Å². The van der Waals surface area contributed by atoms with Crippen molar-refractivity contribution < 1.29 is 0 Å². The van der Waals surface area contributed by atoms with Gasteiger partial charge in [-0.1, -0.05) is 13.8 Å². The summed E-state index contributed by atoms with van der Waals surface area (Å²) in [5.74, 6) is 0. The zero-order valence-corrected chi connectivity index (χ0v) is 8.68. The van der Waals surface area contributed by atoms with Crippen molar-refractivity contribution in [2.75, 3.05) is 0 Å². The van der Waals surface area contributed by atoms with Gasteiger partial charge in [0.05, 0.1) is 0 Å². The highest BCUT2D eigenvalue weighted by Gasteiger charge is 1.97. The Labute approximate surface area is 75.5 Å². The van der Waals surface area contributed by atoms with Crippen molar-refractivity contribution in [3.8, 4) is 0 Å². The number of rotatable bonds is 0. The van der Waals surface area contributed by atoms with Gasteiger partial charge in [-0.25, -0.2) is 0 Å². The maximum atomic E-state index is 2.21. The Bertz CT molecular complexity index is 317. The largest absolute Gasteiger partial charge is 0.143 e. The number of aryl methyl sites for hydroxylation is 1. The summed E-state index contributed by atoms with van der Waals surface area (Å²) >= 11 is 3.66. The van der Waals surface area contributed by atoms with Gasteiger partial charge < -0.3 is 0 Å². The molecule has 2 heteroatoms. The molecule has 0 aliphatic carbocycles. The summed E-state index contributed by atoms with van der Waals surface area (Å²) in [6, 6.07) is 2.18. The predicted molar refractivity (Wildman–Crippen MR) is 55.8 cm³/mol. The van der Waals surface area contributed by atoms with Crippen molar-refractivity contribution in [1.82, 2.24) is 0 Å². The molecule has 0 aromatic carbocycles. The van der Waals surface area contributed by atoms with E-state index in [9.17, 15) is 0 Å². The minimum atomic E-state index is 1.42. The van der Waals surface area contributed by atoms with Gasteiger partial charge in [-0.15, -0.1) is 22.7 Å². The van der Waals surface area contributed by atoms with Crippen molar-refractivity contribution in [3.63, 3.8) is 0 Å². The van der Waals surface area contributed by atoms with Crippen LogP contribution in [0.4, 0.5) is 0 Å². The number of fused-ring (bicyclic) bond motifs is 1. The van der Waals surface area contributed by atoms with Gasteiger partial charge in [0.15, 0.2) is 0 Å². The van der Waals surface area contributed by atoms with Gasteiger partial charge in [-0.05, 0) is 29.3 Å². The first-order valence-corrected chi connectivity index (χ1v) is 5.55. The maximum Gasteiger partial charge on any atom is 0.0479 e. The quantitative estimate of drug-likeness (QED) is 0.572. The van der Waals surface area contributed by atoms with Crippen LogP contribution in [0.25, 0.3) is 9.40 Å². The summed E-state index contributed by atoms with van der Waals surface area (Å²) in [7, 11) is 0. The van der Waals surface area contributed by atoms with Gasteiger partial charge in [-0.2, -0.15) is 0 Å². The average Bonchev–Trinajstić information content (AvgIpc) is 2.60. The van der Waals surface area contributed by atoms with Crippen LogP contribution in [0, 0.1) is 6.92 Å². The fourth-order valence-corrected chi connectivity index (χ4v) is 2.94. The molecule has 0 atom stereocenters. The van der Waals surface area contributed by atoms with Crippen molar-refractivity contribution in [2.45, 2.75) is 20.8 Å². The summed E-state index contributed by atoms with van der Waals surface area (Å²) in [5.41, 5.74) is 1.42. The normalized spacial score (nSPS) is 9.36. The van der Waals surface area contributed by atoms with Crippen LogP contribution in [0.5, 0.6) is 0 Å². The van der Waals surface area contributed by atoms with E-state index in [1.165, 1.54) is 15.0 Å². The molecule has 2 heterocycles. The SMILES string of the molecule is CC.Cc1csc2ccsc12. The summed E-state index contributed by atoms with van der Waals surface area (Å²) in [6.07, 6.45) is 0. The first-order valence-electron chi connectivity index (χ1n) is 3.79. The molecular weight excluding hydrogens is 172 g/mol. The zero-order valence-electron chi connectivity index (χ0n) is 7.05. The van der Waals surface area contributed by atoms with Gasteiger partial charge in [0.25, 0.3) is 0 Å². The van der Waals surface area contributed by atoms with Crippen LogP contribution in [0.1, 0.15) is 19.4 Å². The third kappa shape index (κ3) is 1.63. The molecule has 0 saturated heterocycles. The van der Waals surface area contributed by atoms with Crippen molar-refractivity contribution >= 4 is 32.1 Å². The van der Waals surface area contributed by atoms with E-state index in [0.717, 1.165) is 0 Å². The van der Waals surface area contributed by atoms with Crippen molar-refractivity contribution in [1.29, 1.82) is 0 Å². The molecule has 2 aromatic rings. The fourth-order valence-electron chi connectivity index (χ4n) is 0.883. The van der Waals surface area contributed by atoms with Crippen LogP contribution in [-0.2, 0) is 0 Å². The molecular formula is C9H12S2. The molecule has 0 radical (unpaired) electrons. The summed E-state index contributed by atoms with van der Waals surface area (Å²) in [5, 5.41) is 4.36. The van der Waals surface area contributed by atoms with Crippen LogP contribution >= 0.6 is 22.7 Å². The molecule has 0 aliphatic heterocycles. The highest BCUT2D eigenvalue weighted by atomic mass is 32.1. The van der Waals surface area contributed by atoms with Gasteiger partial charge in [-0.3, -0.25) is 0 Å². The molecule has 0 fully saturated rings. The minimum Gasteiger partial charge on any atom is -0.143 e. The Morgan fingerprint density at radius 3 is 2.55 bits per heavy atom. The first-order chi connectivity index (χ1) is 5.38. The third-order valence-electron chi connectivity index (χ3n) is 1.35. The van der Waals surface area contributed by atoms with E-state index in [0.29, 0.717) is 0 Å². The molecule has 60 valence electrons. The Morgan fingerprint density at radius 1 is 1.18 bits per heavy atom. The molecule has 0 saturated carbocycles. The molecule has 0 unspecified atom stereocenters. The van der Waals surface area contributed by atoms with Crippen LogP contribution in [0.2, 0.25) is 0 Å². The molecule has 0 amide bonds. The Morgan fingerprint density at radius 2 is 1.91 bits per heavy atom. The van der Waals surface area contributed by atoms with Crippen LogP contribution < -0.4 is 0 Å². The molecule has 2 rings (SSSR count). The monoisotopic (exact) mass is 184 g/mol. The van der Waals surface area contributed by atoms with E-state index in [1.54, 1.807) is 0 Å². The predicted octanol–water partition coefficient (Wildman–Crippen LogP) is 4.30. The van der Waals surface area contributed by atoms with E-state index in [4.69, 9.17) is 0 Å². The van der Waals surface area contributed by atoms with E-state index >= 15 is 0 Å². The second kappa shape index (κ2) is 3.88. The lowest BCUT2D eigenvalue weighted by molar-refractivity contribution is 1.50. The van der Waals surface area contributed by atoms with E-state index in [1.807, 2.05) is 36.5 Å². The summed E-state index contributed by atoms with van der Waals surface area (Å²) < 4.78 is 2.89. The molecule has 0 N–H and O–H groups in total. The van der Waals surface area contributed by atoms with E-state index in [2.05, 4.69) is 23.8 Å². The maximum absolute atomic E-state index is 2.21. The third-order valence-corrected chi connectivity index (χ3v) is 3.59. The van der Waals surface area contributed by atoms with Crippen LogP contribution in [0.15, 0.2) is 16.8 Å². The highest BCUT2D eigenvalue weighted by molar-refractivity contribution is 7.26. The standard InChI is InChI=1S/C7H6S2.C2H6/c1-5-4-9-6-2-3-8-7(5)6;1-2/h2-4H,1H3;1-2H3. The second-order valence-electron chi connectivity index (χ2n) is 2.03. The number of hydrogen-bond donors (Lipinski definition) is 0. The molecule has 0 aliphatic rings. The molecule has 0 nitrogen and oxygen atoms in total. The Kier molecular flexibility index (Phi) is 3.09. The van der Waals surface area contributed by atoms with Gasteiger partial charge in [0, 0.05) is 9.40 Å². The molecule has 11 heavy (non-hydrogen) atoms. The summed E-state index contributed by atoms with van der Waals surface area (Å²) in [6.45, 7) is 6.16. The number of thiophene rings is 2. The molecule has 2 aromatic heterocycles. The lowest BCUT2D eigenvalue weighted by Crippen LogP contribution is -1.53. The van der Waals surface area contributed by atoms with E-state index < -0.39 is 0 Å². The zero-order chi connectivity index (χ0) is 8.27. The first kappa shape index (κ1) is 8.75. The molecule has 0 bridgehead atoms. The van der Waals surface area contributed by atoms with Gasteiger partial charge in [0.1, 0.15) is 0 Å². The molecule has 0 spiro atoms. The summed E-state index contributed by atoms with van der Waals surface area (Å²) in [4.78, 5) is 0. The topological polar surface area (TPSA) is 0 Å². The number of hydrogen-bond acceptors (Lipinski definition) is 2. The van der Waals surface area contributed by atoms with Crippen LogP contribution in [-0.4, -0.2) is 0 Å². The van der Waals surface area contributed by atoms with Crippen molar-refractivity contribution in [2.24, 2.45) is 0 Å². The van der Waals surface area contributed by atoms with Crippen molar-refractivity contribution in [3.05, 3.63) is 22.4 Å². The van der Waals surface area contributed by atoms with Crippen LogP contribution in [0.3, 0.4) is 0 Å². The lowest BCUT2D eigenvalue weighted by atomic mass is 10.4. The average molecular weight is 184 g/mol. The van der Waals surface area contributed by atoms with E-state index in [-0.39, 0.29) is 0 Å². The van der Waals surface area contributed by atoms with Gasteiger partial charge >= 0.3 is 0 Å². The smallest absolute Gasteiger partial charge is 0.0479 e. The Balaban J connectivity index is 0.000000281. The Hall–Kier alpha value is -0.340. The fraction of sp³-hybridized carbons (Fsp3) is 0.333.